The van der Waals surface area contributed by atoms with Crippen molar-refractivity contribution in [3.8, 4) is 11.5 Å². The summed E-state index contributed by atoms with van der Waals surface area (Å²) in [5.74, 6) is 0.662. The van der Waals surface area contributed by atoms with Gasteiger partial charge in [0.05, 0.1) is 7.11 Å². The van der Waals surface area contributed by atoms with Crippen molar-refractivity contribution in [1.82, 2.24) is 10.2 Å². The monoisotopic (exact) mass is 309 g/mol. The zero-order chi connectivity index (χ0) is 16.4. The molecule has 0 saturated carbocycles. The van der Waals surface area contributed by atoms with Crippen molar-refractivity contribution >= 4 is 5.91 Å². The highest BCUT2D eigenvalue weighted by Crippen LogP contribution is 2.30. The van der Waals surface area contributed by atoms with E-state index in [1.807, 2.05) is 12.1 Å². The van der Waals surface area contributed by atoms with E-state index in [4.69, 9.17) is 15.2 Å². The van der Waals surface area contributed by atoms with Crippen molar-refractivity contribution in [3.05, 3.63) is 23.8 Å². The van der Waals surface area contributed by atoms with E-state index in [-0.39, 0.29) is 6.61 Å². The molecule has 1 aromatic carbocycles. The minimum Gasteiger partial charge on any atom is -0.493 e. The molecule has 1 aromatic rings. The Morgan fingerprint density at radius 1 is 1.32 bits per heavy atom. The third-order valence-electron chi connectivity index (χ3n) is 3.45. The van der Waals surface area contributed by atoms with Gasteiger partial charge in [0.1, 0.15) is 0 Å². The summed E-state index contributed by atoms with van der Waals surface area (Å²) in [7, 11) is 1.57. The predicted octanol–water partition coefficient (Wildman–Crippen LogP) is 0.991. The summed E-state index contributed by atoms with van der Waals surface area (Å²) in [6, 6.07) is 5.65. The number of methoxy groups -OCH3 is 1. The van der Waals surface area contributed by atoms with Crippen molar-refractivity contribution in [2.45, 2.75) is 20.4 Å². The number of hydrogen-bond acceptors (Lipinski definition) is 5. The van der Waals surface area contributed by atoms with Crippen LogP contribution in [0.15, 0.2) is 18.2 Å². The first-order valence-electron chi connectivity index (χ1n) is 7.62. The Morgan fingerprint density at radius 2 is 2.05 bits per heavy atom. The number of carbonyl (C=O) groups is 1. The Bertz CT molecular complexity index is 462. The second-order valence-electron chi connectivity index (χ2n) is 4.91. The number of benzene rings is 1. The number of para-hydroxylation sites is 1. The van der Waals surface area contributed by atoms with Crippen LogP contribution in [0.5, 0.6) is 11.5 Å². The van der Waals surface area contributed by atoms with Gasteiger partial charge in [-0.25, -0.2) is 0 Å². The summed E-state index contributed by atoms with van der Waals surface area (Å²) >= 11 is 0. The van der Waals surface area contributed by atoms with E-state index in [0.29, 0.717) is 18.0 Å². The van der Waals surface area contributed by atoms with Crippen molar-refractivity contribution < 1.29 is 14.3 Å². The summed E-state index contributed by atoms with van der Waals surface area (Å²) in [6.07, 6.45) is 0. The zero-order valence-electron chi connectivity index (χ0n) is 13.7. The Labute approximate surface area is 132 Å². The fourth-order valence-corrected chi connectivity index (χ4v) is 2.17. The minimum absolute atomic E-state index is 0.160. The van der Waals surface area contributed by atoms with Gasteiger partial charge in [-0.2, -0.15) is 0 Å². The van der Waals surface area contributed by atoms with Gasteiger partial charge in [0, 0.05) is 25.2 Å². The van der Waals surface area contributed by atoms with E-state index in [9.17, 15) is 4.79 Å². The van der Waals surface area contributed by atoms with Crippen LogP contribution in [-0.4, -0.2) is 50.7 Å². The standard InChI is InChI=1S/C16H27N3O3/c1-4-19(5-2)10-9-18-11-13-7-6-8-14(21-3)16(13)22-12-15(17)20/h6-8,18H,4-5,9-12H2,1-3H3,(H2,17,20). The second-order valence-corrected chi connectivity index (χ2v) is 4.91. The molecule has 3 N–H and O–H groups in total. The average Bonchev–Trinajstić information content (AvgIpc) is 2.53. The molecule has 0 fully saturated rings. The van der Waals surface area contributed by atoms with Crippen molar-refractivity contribution in [2.24, 2.45) is 5.73 Å². The molecule has 22 heavy (non-hydrogen) atoms. The second kappa shape index (κ2) is 10.0. The first kappa shape index (κ1) is 18.3. The molecular weight excluding hydrogens is 282 g/mol. The lowest BCUT2D eigenvalue weighted by atomic mass is 10.2. The van der Waals surface area contributed by atoms with Crippen molar-refractivity contribution in [2.75, 3.05) is 39.9 Å². The van der Waals surface area contributed by atoms with E-state index in [2.05, 4.69) is 24.1 Å². The molecule has 1 amide bonds. The molecule has 0 heterocycles. The van der Waals surface area contributed by atoms with Crippen LogP contribution in [0.25, 0.3) is 0 Å². The largest absolute Gasteiger partial charge is 0.493 e. The van der Waals surface area contributed by atoms with Gasteiger partial charge in [-0.05, 0) is 19.2 Å². The molecular formula is C16H27N3O3. The van der Waals surface area contributed by atoms with Gasteiger partial charge in [0.25, 0.3) is 5.91 Å². The molecule has 124 valence electrons. The van der Waals surface area contributed by atoms with Gasteiger partial charge in [0.2, 0.25) is 0 Å². The smallest absolute Gasteiger partial charge is 0.255 e. The van der Waals surface area contributed by atoms with E-state index in [0.717, 1.165) is 31.7 Å². The third-order valence-corrected chi connectivity index (χ3v) is 3.45. The maximum absolute atomic E-state index is 10.9. The Kier molecular flexibility index (Phi) is 8.32. The number of likely N-dealkylation sites (N-methyl/N-ethyl adjacent to an activating group) is 1. The Morgan fingerprint density at radius 3 is 2.64 bits per heavy atom. The normalized spacial score (nSPS) is 10.7. The van der Waals surface area contributed by atoms with Gasteiger partial charge >= 0.3 is 0 Å². The summed E-state index contributed by atoms with van der Waals surface area (Å²) in [5, 5.41) is 3.39. The molecule has 0 saturated heterocycles. The SMILES string of the molecule is CCN(CC)CCNCc1cccc(OC)c1OCC(N)=O. The van der Waals surface area contributed by atoms with Crippen molar-refractivity contribution in [1.29, 1.82) is 0 Å². The molecule has 0 bridgehead atoms. The van der Waals surface area contributed by atoms with Crippen LogP contribution < -0.4 is 20.5 Å². The van der Waals surface area contributed by atoms with Gasteiger partial charge in [-0.1, -0.05) is 26.0 Å². The molecule has 0 atom stereocenters. The van der Waals surface area contributed by atoms with E-state index >= 15 is 0 Å². The highest BCUT2D eigenvalue weighted by Gasteiger charge is 2.11. The topological polar surface area (TPSA) is 76.8 Å². The molecule has 0 aromatic heterocycles. The zero-order valence-corrected chi connectivity index (χ0v) is 13.7. The molecule has 6 heteroatoms. The summed E-state index contributed by atoms with van der Waals surface area (Å²) in [5.41, 5.74) is 6.09. The number of nitrogens with two attached hydrogens (primary N) is 1. The predicted molar refractivity (Wildman–Crippen MR) is 87.2 cm³/mol. The third kappa shape index (κ3) is 5.91. The van der Waals surface area contributed by atoms with Gasteiger partial charge < -0.3 is 25.4 Å². The Balaban J connectivity index is 2.62. The molecule has 0 aliphatic heterocycles. The van der Waals surface area contributed by atoms with Gasteiger partial charge in [0.15, 0.2) is 18.1 Å². The molecule has 1 rings (SSSR count). The Hall–Kier alpha value is -1.79. The number of carbonyl (C=O) groups excluding carboxylic acids is 1. The lowest BCUT2D eigenvalue weighted by Gasteiger charge is -2.19. The fraction of sp³-hybridized carbons (Fsp3) is 0.562. The van der Waals surface area contributed by atoms with Crippen LogP contribution in [0.1, 0.15) is 19.4 Å². The van der Waals surface area contributed by atoms with Crippen molar-refractivity contribution in [3.63, 3.8) is 0 Å². The van der Waals surface area contributed by atoms with Crippen LogP contribution >= 0.6 is 0 Å². The summed E-state index contributed by atoms with van der Waals surface area (Å²) in [4.78, 5) is 13.3. The molecule has 0 aliphatic rings. The van der Waals surface area contributed by atoms with Crippen LogP contribution in [0.4, 0.5) is 0 Å². The first-order valence-corrected chi connectivity index (χ1v) is 7.62. The maximum atomic E-state index is 10.9. The van der Waals surface area contributed by atoms with Crippen LogP contribution in [-0.2, 0) is 11.3 Å². The number of hydrogen-bond donors (Lipinski definition) is 2. The van der Waals surface area contributed by atoms with Crippen LogP contribution in [0, 0.1) is 0 Å². The average molecular weight is 309 g/mol. The lowest BCUT2D eigenvalue weighted by molar-refractivity contribution is -0.119. The number of nitrogens with zero attached hydrogens (tertiary/aromatic N) is 1. The highest BCUT2D eigenvalue weighted by molar-refractivity contribution is 5.75. The van der Waals surface area contributed by atoms with E-state index in [1.165, 1.54) is 0 Å². The molecule has 0 aliphatic carbocycles. The van der Waals surface area contributed by atoms with Gasteiger partial charge in [-0.15, -0.1) is 0 Å². The number of ether oxygens (including phenoxy) is 2. The lowest BCUT2D eigenvalue weighted by Crippen LogP contribution is -2.31. The molecule has 6 nitrogen and oxygen atoms in total. The van der Waals surface area contributed by atoms with Crippen LogP contribution in [0.3, 0.4) is 0 Å². The highest BCUT2D eigenvalue weighted by atomic mass is 16.5. The molecule has 0 spiro atoms. The number of nitrogens with one attached hydrogen (secondary N) is 1. The quantitative estimate of drug-likeness (QED) is 0.596. The maximum Gasteiger partial charge on any atom is 0.255 e. The van der Waals surface area contributed by atoms with E-state index < -0.39 is 5.91 Å². The number of amides is 1. The summed E-state index contributed by atoms with van der Waals surface area (Å²) in [6.45, 7) is 8.76. The van der Waals surface area contributed by atoms with E-state index in [1.54, 1.807) is 13.2 Å². The fourth-order valence-electron chi connectivity index (χ4n) is 2.17. The molecule has 0 unspecified atom stereocenters. The summed E-state index contributed by atoms with van der Waals surface area (Å²) < 4.78 is 10.8. The number of primary amides is 1. The van der Waals surface area contributed by atoms with Crippen LogP contribution in [0.2, 0.25) is 0 Å². The first-order chi connectivity index (χ1) is 10.6. The molecule has 0 radical (unpaired) electrons. The van der Waals surface area contributed by atoms with Gasteiger partial charge in [-0.3, -0.25) is 4.79 Å². The minimum atomic E-state index is -0.508. The number of rotatable bonds is 11.